The van der Waals surface area contributed by atoms with Crippen molar-refractivity contribution in [1.82, 2.24) is 0 Å². The smallest absolute Gasteiger partial charge is 0.341 e. The zero-order valence-corrected chi connectivity index (χ0v) is 16.5. The number of amides is 1. The quantitative estimate of drug-likeness (QED) is 0.443. The van der Waals surface area contributed by atoms with Gasteiger partial charge < -0.3 is 19.5 Å². The highest BCUT2D eigenvalue weighted by Gasteiger charge is 2.20. The third kappa shape index (κ3) is 4.27. The summed E-state index contributed by atoms with van der Waals surface area (Å²) < 4.78 is 15.7. The number of nitrogens with zero attached hydrogens (tertiary/aromatic N) is 1. The highest BCUT2D eigenvalue weighted by Crippen LogP contribution is 2.37. The van der Waals surface area contributed by atoms with Crippen molar-refractivity contribution in [2.75, 3.05) is 12.1 Å². The predicted molar refractivity (Wildman–Crippen MR) is 105 cm³/mol. The molecule has 0 atom stereocenters. The number of fused-ring (bicyclic) bond motifs is 1. The average molecular weight is 419 g/mol. The van der Waals surface area contributed by atoms with E-state index < -0.39 is 11.9 Å². The van der Waals surface area contributed by atoms with E-state index in [2.05, 4.69) is 5.32 Å². The largest absolute Gasteiger partial charge is 0.459 e. The molecule has 0 saturated carbocycles. The van der Waals surface area contributed by atoms with Crippen LogP contribution in [-0.4, -0.2) is 24.8 Å². The van der Waals surface area contributed by atoms with E-state index in [-0.39, 0.29) is 24.0 Å². The van der Waals surface area contributed by atoms with Gasteiger partial charge in [-0.05, 0) is 43.0 Å². The first-order valence-electron chi connectivity index (χ1n) is 8.19. The van der Waals surface area contributed by atoms with Gasteiger partial charge in [-0.1, -0.05) is 11.6 Å². The number of hydrogen-bond acceptors (Lipinski definition) is 7. The van der Waals surface area contributed by atoms with Crippen molar-refractivity contribution in [2.24, 2.45) is 0 Å². The summed E-state index contributed by atoms with van der Waals surface area (Å²) in [5.74, 6) is -0.243. The van der Waals surface area contributed by atoms with Gasteiger partial charge in [-0.25, -0.2) is 4.79 Å². The Hall–Kier alpha value is -3.02. The Morgan fingerprint density at radius 1 is 1.36 bits per heavy atom. The van der Waals surface area contributed by atoms with E-state index in [1.54, 1.807) is 37.4 Å². The number of nitrogens with one attached hydrogen (secondary N) is 1. The van der Waals surface area contributed by atoms with Crippen molar-refractivity contribution in [3.63, 3.8) is 0 Å². The molecule has 144 valence electrons. The van der Waals surface area contributed by atoms with Crippen LogP contribution in [0.25, 0.3) is 6.08 Å². The zero-order chi connectivity index (χ0) is 20.3. The van der Waals surface area contributed by atoms with E-state index in [4.69, 9.17) is 25.8 Å². The second-order valence-corrected chi connectivity index (χ2v) is 7.29. The van der Waals surface area contributed by atoms with Gasteiger partial charge in [0.25, 0.3) is 5.91 Å². The number of hydrogen-bond donors (Lipinski definition) is 1. The Morgan fingerprint density at radius 3 is 2.75 bits per heavy atom. The van der Waals surface area contributed by atoms with Gasteiger partial charge >= 0.3 is 5.97 Å². The fourth-order valence-electron chi connectivity index (χ4n) is 2.36. The third-order valence-corrected chi connectivity index (χ3v) is 4.77. The minimum Gasteiger partial charge on any atom is -0.459 e. The number of nitriles is 1. The Morgan fingerprint density at radius 2 is 2.07 bits per heavy atom. The highest BCUT2D eigenvalue weighted by atomic mass is 35.5. The van der Waals surface area contributed by atoms with Gasteiger partial charge in [0.15, 0.2) is 11.5 Å². The van der Waals surface area contributed by atoms with E-state index in [0.29, 0.717) is 27.1 Å². The lowest BCUT2D eigenvalue weighted by Gasteiger charge is -2.09. The monoisotopic (exact) mass is 418 g/mol. The molecule has 0 saturated heterocycles. The standard InChI is InChI=1S/C19H15ClN2O5S/c1-10(2)27-19(24)13-3-4-28-18(13)22-17(23)12(8-21)5-11-6-15-16(7-14(11)20)26-9-25-15/h3-7,10H,9H2,1-2H3,(H,22,23). The molecule has 0 aliphatic carbocycles. The number of rotatable bonds is 5. The number of benzene rings is 1. The Bertz CT molecular complexity index is 1010. The molecule has 2 heterocycles. The molecule has 0 bridgehead atoms. The van der Waals surface area contributed by atoms with Crippen molar-refractivity contribution in [1.29, 1.82) is 5.26 Å². The summed E-state index contributed by atoms with van der Waals surface area (Å²) in [6, 6.07) is 6.54. The summed E-state index contributed by atoms with van der Waals surface area (Å²) in [6.45, 7) is 3.54. The molecule has 2 aromatic rings. The molecule has 0 unspecified atom stereocenters. The summed E-state index contributed by atoms with van der Waals surface area (Å²) in [7, 11) is 0. The van der Waals surface area contributed by atoms with Crippen molar-refractivity contribution < 1.29 is 23.8 Å². The molecule has 0 fully saturated rings. The van der Waals surface area contributed by atoms with Crippen LogP contribution in [-0.2, 0) is 9.53 Å². The number of halogens is 1. The molecule has 0 spiro atoms. The summed E-state index contributed by atoms with van der Waals surface area (Å²) >= 11 is 7.35. The second kappa shape index (κ2) is 8.33. The predicted octanol–water partition coefficient (Wildman–Crippen LogP) is 4.24. The second-order valence-electron chi connectivity index (χ2n) is 5.97. The van der Waals surface area contributed by atoms with Crippen LogP contribution in [0.5, 0.6) is 11.5 Å². The van der Waals surface area contributed by atoms with Crippen molar-refractivity contribution in [3.8, 4) is 17.6 Å². The number of esters is 1. The van der Waals surface area contributed by atoms with Gasteiger partial charge in [-0.2, -0.15) is 5.26 Å². The lowest BCUT2D eigenvalue weighted by atomic mass is 10.1. The summed E-state index contributed by atoms with van der Waals surface area (Å²) in [5.41, 5.74) is 0.478. The van der Waals surface area contributed by atoms with Gasteiger partial charge in [-0.3, -0.25) is 4.79 Å². The molecule has 1 aliphatic rings. The van der Waals surface area contributed by atoms with Crippen LogP contribution in [0.4, 0.5) is 5.00 Å². The maximum Gasteiger partial charge on any atom is 0.341 e. The molecule has 1 aromatic carbocycles. The Labute approximate surface area is 170 Å². The van der Waals surface area contributed by atoms with Crippen molar-refractivity contribution in [3.05, 3.63) is 45.3 Å². The lowest BCUT2D eigenvalue weighted by molar-refractivity contribution is -0.112. The molecule has 1 amide bonds. The van der Waals surface area contributed by atoms with Crippen LogP contribution in [0.3, 0.4) is 0 Å². The Balaban J connectivity index is 1.83. The van der Waals surface area contributed by atoms with E-state index in [1.165, 1.54) is 6.08 Å². The molecule has 28 heavy (non-hydrogen) atoms. The Kier molecular flexibility index (Phi) is 5.87. The van der Waals surface area contributed by atoms with Gasteiger partial charge in [0.2, 0.25) is 6.79 Å². The fourth-order valence-corrected chi connectivity index (χ4v) is 3.34. The van der Waals surface area contributed by atoms with Crippen LogP contribution in [0.1, 0.15) is 29.8 Å². The first-order chi connectivity index (χ1) is 13.4. The first kappa shape index (κ1) is 19.7. The van der Waals surface area contributed by atoms with Crippen LogP contribution in [0.2, 0.25) is 5.02 Å². The fraction of sp³-hybridized carbons (Fsp3) is 0.211. The van der Waals surface area contributed by atoms with E-state index in [1.807, 2.05) is 6.07 Å². The molecular weight excluding hydrogens is 404 g/mol. The number of ether oxygens (including phenoxy) is 3. The molecule has 3 rings (SSSR count). The van der Waals surface area contributed by atoms with E-state index in [0.717, 1.165) is 11.3 Å². The van der Waals surface area contributed by atoms with E-state index >= 15 is 0 Å². The lowest BCUT2D eigenvalue weighted by Crippen LogP contribution is -2.17. The molecule has 9 heteroatoms. The molecule has 0 radical (unpaired) electrons. The first-order valence-corrected chi connectivity index (χ1v) is 9.45. The molecule has 1 N–H and O–H groups in total. The van der Waals surface area contributed by atoms with Crippen molar-refractivity contribution in [2.45, 2.75) is 20.0 Å². The van der Waals surface area contributed by atoms with Crippen LogP contribution >= 0.6 is 22.9 Å². The summed E-state index contributed by atoms with van der Waals surface area (Å²) in [4.78, 5) is 24.7. The molecule has 7 nitrogen and oxygen atoms in total. The summed E-state index contributed by atoms with van der Waals surface area (Å²) in [5, 5.41) is 14.2. The van der Waals surface area contributed by atoms with Gasteiger partial charge in [-0.15, -0.1) is 11.3 Å². The topological polar surface area (TPSA) is 97.7 Å². The highest BCUT2D eigenvalue weighted by molar-refractivity contribution is 7.14. The number of carbonyl (C=O) groups is 2. The molecule has 1 aliphatic heterocycles. The van der Waals surface area contributed by atoms with Crippen LogP contribution in [0, 0.1) is 11.3 Å². The summed E-state index contributed by atoms with van der Waals surface area (Å²) in [6.07, 6.45) is 1.05. The van der Waals surface area contributed by atoms with Gasteiger partial charge in [0.1, 0.15) is 16.6 Å². The van der Waals surface area contributed by atoms with E-state index in [9.17, 15) is 14.9 Å². The number of anilines is 1. The van der Waals surface area contributed by atoms with Gasteiger partial charge in [0, 0.05) is 6.07 Å². The zero-order valence-electron chi connectivity index (χ0n) is 14.9. The van der Waals surface area contributed by atoms with Crippen LogP contribution in [0.15, 0.2) is 29.2 Å². The maximum atomic E-state index is 12.5. The minimum atomic E-state index is -0.669. The SMILES string of the molecule is CC(C)OC(=O)c1ccsc1NC(=O)C(C#N)=Cc1cc2c(cc1Cl)OCO2. The normalized spacial score (nSPS) is 12.6. The van der Waals surface area contributed by atoms with Gasteiger partial charge in [0.05, 0.1) is 16.7 Å². The number of thiophene rings is 1. The average Bonchev–Trinajstić information content (AvgIpc) is 3.27. The molecule has 1 aromatic heterocycles. The number of carbonyl (C=O) groups excluding carboxylic acids is 2. The maximum absolute atomic E-state index is 12.5. The van der Waals surface area contributed by atoms with Crippen molar-refractivity contribution >= 4 is 45.9 Å². The minimum absolute atomic E-state index is 0.0814. The third-order valence-electron chi connectivity index (χ3n) is 3.61. The molecular formula is C19H15ClN2O5S. The van der Waals surface area contributed by atoms with Crippen LogP contribution < -0.4 is 14.8 Å².